The molecule has 0 aromatic carbocycles. The van der Waals surface area contributed by atoms with Gasteiger partial charge in [0.1, 0.15) is 5.03 Å². The summed E-state index contributed by atoms with van der Waals surface area (Å²) in [5.41, 5.74) is 0.842. The summed E-state index contributed by atoms with van der Waals surface area (Å²) in [4.78, 5) is 20.7. The molecule has 0 unspecified atom stereocenters. The van der Waals surface area contributed by atoms with E-state index in [2.05, 4.69) is 9.97 Å². The van der Waals surface area contributed by atoms with Gasteiger partial charge in [0, 0.05) is 28.4 Å². The van der Waals surface area contributed by atoms with Gasteiger partial charge in [0.2, 0.25) is 0 Å². The zero-order valence-corrected chi connectivity index (χ0v) is 12.4. The Morgan fingerprint density at radius 1 is 1.20 bits per heavy atom. The Bertz CT molecular complexity index is 622. The predicted octanol–water partition coefficient (Wildman–Crippen LogP) is 3.62. The Kier molecular flexibility index (Phi) is 4.09. The van der Waals surface area contributed by atoms with Crippen LogP contribution in [0.5, 0.6) is 0 Å². The van der Waals surface area contributed by atoms with Gasteiger partial charge in [-0.3, -0.25) is 4.98 Å². The van der Waals surface area contributed by atoms with Crippen molar-refractivity contribution in [2.45, 2.75) is 36.1 Å². The molecule has 0 saturated heterocycles. The lowest BCUT2D eigenvalue weighted by atomic mass is 9.91. The van der Waals surface area contributed by atoms with E-state index in [-0.39, 0.29) is 11.0 Å². The van der Waals surface area contributed by atoms with E-state index in [0.29, 0.717) is 5.03 Å². The molecular weight excluding hydrogens is 272 g/mol. The molecule has 0 aliphatic rings. The third-order valence-electron chi connectivity index (χ3n) is 2.69. The summed E-state index contributed by atoms with van der Waals surface area (Å²) < 4.78 is 0. The maximum atomic E-state index is 11.2. The standard InChI is InChI=1S/C15H16N2O2S/c1-15(2,3)12-8-10(14(18)19)9-13(17-12)20-11-4-6-16-7-5-11/h4-9H,1-3H3,(H,18,19). The molecule has 0 fully saturated rings. The molecule has 2 rings (SSSR count). The summed E-state index contributed by atoms with van der Waals surface area (Å²) in [5.74, 6) is -0.936. The number of carboxylic acid groups (broad SMARTS) is 1. The minimum atomic E-state index is -0.936. The van der Waals surface area contributed by atoms with E-state index >= 15 is 0 Å². The summed E-state index contributed by atoms with van der Waals surface area (Å²) in [6, 6.07) is 6.98. The number of hydrogen-bond acceptors (Lipinski definition) is 4. The number of aromatic nitrogens is 2. The number of rotatable bonds is 3. The summed E-state index contributed by atoms with van der Waals surface area (Å²) in [6.45, 7) is 6.05. The number of carboxylic acids is 1. The lowest BCUT2D eigenvalue weighted by Crippen LogP contribution is -2.15. The molecule has 0 aliphatic carbocycles. The van der Waals surface area contributed by atoms with Gasteiger partial charge in [0.05, 0.1) is 5.56 Å². The van der Waals surface area contributed by atoms with Crippen LogP contribution in [0.4, 0.5) is 0 Å². The Hall–Kier alpha value is -1.88. The molecule has 5 heteroatoms. The summed E-state index contributed by atoms with van der Waals surface area (Å²) in [5, 5.41) is 9.90. The second kappa shape index (κ2) is 5.63. The minimum absolute atomic E-state index is 0.195. The van der Waals surface area contributed by atoms with Gasteiger partial charge in [0.25, 0.3) is 0 Å². The topological polar surface area (TPSA) is 63.1 Å². The monoisotopic (exact) mass is 288 g/mol. The normalized spacial score (nSPS) is 11.3. The fourth-order valence-corrected chi connectivity index (χ4v) is 2.42. The van der Waals surface area contributed by atoms with Crippen LogP contribution in [-0.2, 0) is 5.41 Å². The van der Waals surface area contributed by atoms with Gasteiger partial charge in [0.15, 0.2) is 0 Å². The van der Waals surface area contributed by atoms with Crippen LogP contribution in [-0.4, -0.2) is 21.0 Å². The van der Waals surface area contributed by atoms with Crippen molar-refractivity contribution in [3.8, 4) is 0 Å². The third-order valence-corrected chi connectivity index (χ3v) is 3.62. The Balaban J connectivity index is 2.42. The number of aromatic carboxylic acids is 1. The highest BCUT2D eigenvalue weighted by molar-refractivity contribution is 7.99. The van der Waals surface area contributed by atoms with Crippen LogP contribution >= 0.6 is 11.8 Å². The Morgan fingerprint density at radius 2 is 1.85 bits per heavy atom. The van der Waals surface area contributed by atoms with E-state index in [4.69, 9.17) is 0 Å². The van der Waals surface area contributed by atoms with E-state index in [1.807, 2.05) is 32.9 Å². The van der Waals surface area contributed by atoms with Gasteiger partial charge in [-0.25, -0.2) is 9.78 Å². The van der Waals surface area contributed by atoms with Crippen LogP contribution in [0.2, 0.25) is 0 Å². The highest BCUT2D eigenvalue weighted by atomic mass is 32.2. The second-order valence-corrected chi connectivity index (χ2v) is 6.51. The van der Waals surface area contributed by atoms with Crippen LogP contribution < -0.4 is 0 Å². The summed E-state index contributed by atoms with van der Waals surface area (Å²) in [6.07, 6.45) is 3.40. The van der Waals surface area contributed by atoms with E-state index < -0.39 is 5.97 Å². The molecule has 0 amide bonds. The van der Waals surface area contributed by atoms with Crippen molar-refractivity contribution in [3.63, 3.8) is 0 Å². The molecule has 1 N–H and O–H groups in total. The Labute approximate surface area is 122 Å². The predicted molar refractivity (Wildman–Crippen MR) is 78.3 cm³/mol. The quantitative estimate of drug-likeness (QED) is 0.934. The first-order chi connectivity index (χ1) is 9.36. The van der Waals surface area contributed by atoms with Crippen LogP contribution in [0.15, 0.2) is 46.6 Å². The molecule has 0 radical (unpaired) electrons. The molecule has 2 heterocycles. The maximum absolute atomic E-state index is 11.2. The maximum Gasteiger partial charge on any atom is 0.335 e. The van der Waals surface area contributed by atoms with Crippen LogP contribution in [0.25, 0.3) is 0 Å². The van der Waals surface area contributed by atoms with Gasteiger partial charge < -0.3 is 5.11 Å². The molecule has 0 bridgehead atoms. The fraction of sp³-hybridized carbons (Fsp3) is 0.267. The zero-order chi connectivity index (χ0) is 14.8. The van der Waals surface area contributed by atoms with Crippen LogP contribution in [0.3, 0.4) is 0 Å². The van der Waals surface area contributed by atoms with E-state index in [0.717, 1.165) is 10.6 Å². The highest BCUT2D eigenvalue weighted by Crippen LogP contribution is 2.29. The third kappa shape index (κ3) is 3.57. The fourth-order valence-electron chi connectivity index (χ4n) is 1.59. The first kappa shape index (κ1) is 14.5. The molecule has 0 aliphatic heterocycles. The van der Waals surface area contributed by atoms with Crippen LogP contribution in [0.1, 0.15) is 36.8 Å². The average molecular weight is 288 g/mol. The molecule has 0 spiro atoms. The lowest BCUT2D eigenvalue weighted by Gasteiger charge is -2.19. The SMILES string of the molecule is CC(C)(C)c1cc(C(=O)O)cc(Sc2ccncc2)n1. The van der Waals surface area contributed by atoms with E-state index in [1.165, 1.54) is 11.8 Å². The number of hydrogen-bond donors (Lipinski definition) is 1. The summed E-state index contributed by atoms with van der Waals surface area (Å²) in [7, 11) is 0. The van der Waals surface area contributed by atoms with Gasteiger partial charge in [-0.05, 0) is 24.3 Å². The van der Waals surface area contributed by atoms with Crippen molar-refractivity contribution in [1.82, 2.24) is 9.97 Å². The van der Waals surface area contributed by atoms with Crippen molar-refractivity contribution in [1.29, 1.82) is 0 Å². The number of pyridine rings is 2. The summed E-state index contributed by atoms with van der Waals surface area (Å²) >= 11 is 1.43. The lowest BCUT2D eigenvalue weighted by molar-refractivity contribution is 0.0696. The molecule has 0 atom stereocenters. The van der Waals surface area contributed by atoms with Crippen molar-refractivity contribution in [2.24, 2.45) is 0 Å². The first-order valence-electron chi connectivity index (χ1n) is 6.20. The van der Waals surface area contributed by atoms with Gasteiger partial charge in [-0.2, -0.15) is 0 Å². The minimum Gasteiger partial charge on any atom is -0.478 e. The van der Waals surface area contributed by atoms with Gasteiger partial charge in [-0.1, -0.05) is 32.5 Å². The highest BCUT2D eigenvalue weighted by Gasteiger charge is 2.19. The van der Waals surface area contributed by atoms with Crippen LogP contribution in [0, 0.1) is 0 Å². The zero-order valence-electron chi connectivity index (χ0n) is 11.6. The average Bonchev–Trinajstić information content (AvgIpc) is 2.38. The Morgan fingerprint density at radius 3 is 2.40 bits per heavy atom. The molecule has 2 aromatic rings. The van der Waals surface area contributed by atoms with E-state index in [1.54, 1.807) is 24.5 Å². The molecule has 104 valence electrons. The molecule has 0 saturated carbocycles. The second-order valence-electron chi connectivity index (χ2n) is 5.42. The van der Waals surface area contributed by atoms with Gasteiger partial charge in [-0.15, -0.1) is 0 Å². The molecule has 4 nitrogen and oxygen atoms in total. The largest absolute Gasteiger partial charge is 0.478 e. The first-order valence-corrected chi connectivity index (χ1v) is 7.01. The van der Waals surface area contributed by atoms with E-state index in [9.17, 15) is 9.90 Å². The van der Waals surface area contributed by atoms with Crippen molar-refractivity contribution < 1.29 is 9.90 Å². The van der Waals surface area contributed by atoms with Crippen molar-refractivity contribution in [3.05, 3.63) is 47.9 Å². The smallest absolute Gasteiger partial charge is 0.335 e. The number of nitrogens with zero attached hydrogens (tertiary/aromatic N) is 2. The van der Waals surface area contributed by atoms with Crippen molar-refractivity contribution >= 4 is 17.7 Å². The molecular formula is C15H16N2O2S. The number of carbonyl (C=O) groups is 1. The van der Waals surface area contributed by atoms with Crippen molar-refractivity contribution in [2.75, 3.05) is 0 Å². The molecule has 2 aromatic heterocycles. The van der Waals surface area contributed by atoms with Gasteiger partial charge >= 0.3 is 5.97 Å². The molecule has 20 heavy (non-hydrogen) atoms.